The third-order valence-corrected chi connectivity index (χ3v) is 5.25. The van der Waals surface area contributed by atoms with Crippen LogP contribution < -0.4 is 5.73 Å². The Morgan fingerprint density at radius 1 is 1.39 bits per heavy atom. The molecule has 1 saturated heterocycles. The number of rotatable bonds is 3. The molecule has 3 rings (SSSR count). The Morgan fingerprint density at radius 2 is 2.22 bits per heavy atom. The number of nitrogens with zero attached hydrogens (tertiary/aromatic N) is 3. The minimum absolute atomic E-state index is 0.195. The molecule has 126 valence electrons. The third-order valence-electron chi connectivity index (χ3n) is 4.47. The van der Waals surface area contributed by atoms with Gasteiger partial charge in [0.05, 0.1) is 6.67 Å². The second-order valence-corrected chi connectivity index (χ2v) is 7.38. The Kier molecular flexibility index (Phi) is 5.24. The van der Waals surface area contributed by atoms with Crippen LogP contribution in [-0.2, 0) is 6.54 Å². The fourth-order valence-electron chi connectivity index (χ4n) is 3.34. The Balaban J connectivity index is 1.81. The number of likely N-dealkylation sites (N-methyl/N-ethyl adjacent to an activating group) is 1. The Morgan fingerprint density at radius 3 is 3.00 bits per heavy atom. The zero-order valence-corrected chi connectivity index (χ0v) is 15.1. The zero-order chi connectivity index (χ0) is 16.4. The summed E-state index contributed by atoms with van der Waals surface area (Å²) in [6.45, 7) is 4.39. The first kappa shape index (κ1) is 16.7. The highest BCUT2D eigenvalue weighted by Crippen LogP contribution is 2.25. The van der Waals surface area contributed by atoms with Gasteiger partial charge in [-0.2, -0.15) is 0 Å². The van der Waals surface area contributed by atoms with E-state index in [4.69, 9.17) is 5.73 Å². The number of hydrogen-bond acceptors (Lipinski definition) is 4. The molecule has 0 saturated carbocycles. The van der Waals surface area contributed by atoms with Crippen molar-refractivity contribution in [2.45, 2.75) is 25.4 Å². The van der Waals surface area contributed by atoms with Crippen LogP contribution in [0.1, 0.15) is 18.4 Å². The van der Waals surface area contributed by atoms with Crippen LogP contribution in [0.15, 0.2) is 34.6 Å². The molecule has 2 heterocycles. The van der Waals surface area contributed by atoms with E-state index in [2.05, 4.69) is 43.8 Å². The molecule has 0 amide bonds. The van der Waals surface area contributed by atoms with E-state index in [0.717, 1.165) is 49.2 Å². The fraction of sp³-hybridized carbons (Fsp3) is 0.529. The topological polar surface area (TPSA) is 35.7 Å². The third kappa shape index (κ3) is 4.05. The Bertz CT molecular complexity index is 592. The molecule has 0 bridgehead atoms. The van der Waals surface area contributed by atoms with Crippen LogP contribution in [0.25, 0.3) is 0 Å². The predicted octanol–water partition coefficient (Wildman–Crippen LogP) is 2.56. The summed E-state index contributed by atoms with van der Waals surface area (Å²) in [5.74, 6) is 1.04. The molecule has 0 radical (unpaired) electrons. The molecule has 0 unspecified atom stereocenters. The van der Waals surface area contributed by atoms with Crippen molar-refractivity contribution in [3.05, 3.63) is 45.9 Å². The smallest absolute Gasteiger partial charge is 0.123 e. The first-order chi connectivity index (χ1) is 11.0. The van der Waals surface area contributed by atoms with Gasteiger partial charge in [0.15, 0.2) is 0 Å². The van der Waals surface area contributed by atoms with Crippen LogP contribution in [0, 0.1) is 5.82 Å². The van der Waals surface area contributed by atoms with E-state index in [1.54, 1.807) is 12.1 Å². The van der Waals surface area contributed by atoms with Crippen LogP contribution >= 0.6 is 15.9 Å². The van der Waals surface area contributed by atoms with Gasteiger partial charge in [-0.15, -0.1) is 0 Å². The van der Waals surface area contributed by atoms with Crippen molar-refractivity contribution in [1.82, 2.24) is 14.7 Å². The number of hydrogen-bond donors (Lipinski definition) is 1. The van der Waals surface area contributed by atoms with E-state index in [1.165, 1.54) is 11.9 Å². The molecule has 6 heteroatoms. The molecule has 23 heavy (non-hydrogen) atoms. The number of likely N-dealkylation sites (tertiary alicyclic amines) is 1. The number of benzene rings is 1. The quantitative estimate of drug-likeness (QED) is 0.871. The lowest BCUT2D eigenvalue weighted by Crippen LogP contribution is -2.50. The van der Waals surface area contributed by atoms with E-state index in [0.29, 0.717) is 6.54 Å². The molecule has 4 nitrogen and oxygen atoms in total. The SMILES string of the molecule is CN1CC=C(N2CCC[C@@H](N)C2)N(Cc2cc(F)ccc2Br)C1. The fourth-order valence-corrected chi connectivity index (χ4v) is 3.71. The molecule has 1 aromatic rings. The van der Waals surface area contributed by atoms with Crippen LogP contribution in [0.2, 0.25) is 0 Å². The van der Waals surface area contributed by atoms with Crippen molar-refractivity contribution < 1.29 is 4.39 Å². The van der Waals surface area contributed by atoms with Crippen LogP contribution in [-0.4, -0.2) is 54.1 Å². The minimum Gasteiger partial charge on any atom is -0.357 e. The van der Waals surface area contributed by atoms with Gasteiger partial charge in [0.2, 0.25) is 0 Å². The predicted molar refractivity (Wildman–Crippen MR) is 94.0 cm³/mol. The highest BCUT2D eigenvalue weighted by atomic mass is 79.9. The molecule has 2 aliphatic rings. The lowest BCUT2D eigenvalue weighted by Gasteiger charge is -2.43. The maximum atomic E-state index is 13.6. The number of nitrogens with two attached hydrogens (primary N) is 1. The van der Waals surface area contributed by atoms with Crippen LogP contribution in [0.5, 0.6) is 0 Å². The second kappa shape index (κ2) is 7.20. The molecule has 1 aromatic carbocycles. The Hall–Kier alpha value is -1.11. The van der Waals surface area contributed by atoms with Gasteiger partial charge in [0.25, 0.3) is 0 Å². The monoisotopic (exact) mass is 382 g/mol. The van der Waals surface area contributed by atoms with E-state index in [-0.39, 0.29) is 11.9 Å². The summed E-state index contributed by atoms with van der Waals surface area (Å²) in [6.07, 6.45) is 4.49. The van der Waals surface area contributed by atoms with E-state index in [1.807, 2.05) is 0 Å². The molecule has 2 aliphatic heterocycles. The molecule has 0 aliphatic carbocycles. The molecule has 0 aromatic heterocycles. The van der Waals surface area contributed by atoms with E-state index >= 15 is 0 Å². The molecule has 0 spiro atoms. The largest absolute Gasteiger partial charge is 0.357 e. The van der Waals surface area contributed by atoms with Crippen molar-refractivity contribution in [2.24, 2.45) is 5.73 Å². The van der Waals surface area contributed by atoms with Gasteiger partial charge in [-0.25, -0.2) is 4.39 Å². The van der Waals surface area contributed by atoms with Gasteiger partial charge >= 0.3 is 0 Å². The van der Waals surface area contributed by atoms with Crippen molar-refractivity contribution in [3.63, 3.8) is 0 Å². The van der Waals surface area contributed by atoms with Crippen LogP contribution in [0.3, 0.4) is 0 Å². The normalized spacial score (nSPS) is 23.1. The molecular formula is C17H24BrFN4. The second-order valence-electron chi connectivity index (χ2n) is 6.52. The summed E-state index contributed by atoms with van der Waals surface area (Å²) >= 11 is 3.54. The van der Waals surface area contributed by atoms with Gasteiger partial charge in [-0.05, 0) is 49.7 Å². The maximum Gasteiger partial charge on any atom is 0.123 e. The first-order valence-electron chi connectivity index (χ1n) is 8.11. The summed E-state index contributed by atoms with van der Waals surface area (Å²) in [4.78, 5) is 6.94. The lowest BCUT2D eigenvalue weighted by atomic mass is 10.1. The Labute approximate surface area is 145 Å². The lowest BCUT2D eigenvalue weighted by molar-refractivity contribution is 0.104. The molecule has 1 fully saturated rings. The summed E-state index contributed by atoms with van der Waals surface area (Å²) < 4.78 is 14.5. The summed E-state index contributed by atoms with van der Waals surface area (Å²) in [6, 6.07) is 5.11. The average molecular weight is 383 g/mol. The minimum atomic E-state index is -0.195. The van der Waals surface area contributed by atoms with Crippen molar-refractivity contribution in [2.75, 3.05) is 33.4 Å². The highest BCUT2D eigenvalue weighted by Gasteiger charge is 2.26. The maximum absolute atomic E-state index is 13.6. The summed E-state index contributed by atoms with van der Waals surface area (Å²) in [5, 5.41) is 0. The molecule has 1 atom stereocenters. The summed E-state index contributed by atoms with van der Waals surface area (Å²) in [7, 11) is 2.10. The van der Waals surface area contributed by atoms with Gasteiger partial charge in [-0.3, -0.25) is 4.90 Å². The van der Waals surface area contributed by atoms with Crippen molar-refractivity contribution in [3.8, 4) is 0 Å². The van der Waals surface area contributed by atoms with E-state index < -0.39 is 0 Å². The highest BCUT2D eigenvalue weighted by molar-refractivity contribution is 9.10. The standard InChI is InChI=1S/C17H24BrFN4/c1-21-8-6-17(22-7-2-3-15(20)11-22)23(12-21)10-13-9-14(19)4-5-16(13)18/h4-6,9,15H,2-3,7-8,10-12,20H2,1H3/t15-/m1/s1. The van der Waals surface area contributed by atoms with Crippen molar-refractivity contribution in [1.29, 1.82) is 0 Å². The first-order valence-corrected chi connectivity index (χ1v) is 8.90. The van der Waals surface area contributed by atoms with Crippen LogP contribution in [0.4, 0.5) is 4.39 Å². The molecule has 2 N–H and O–H groups in total. The number of piperidine rings is 1. The van der Waals surface area contributed by atoms with Gasteiger partial charge in [-0.1, -0.05) is 15.9 Å². The van der Waals surface area contributed by atoms with Crippen molar-refractivity contribution >= 4 is 15.9 Å². The van der Waals surface area contributed by atoms with Gasteiger partial charge in [0.1, 0.15) is 11.6 Å². The number of halogens is 2. The van der Waals surface area contributed by atoms with E-state index in [9.17, 15) is 4.39 Å². The van der Waals surface area contributed by atoms with Gasteiger partial charge in [0, 0.05) is 36.7 Å². The molecular weight excluding hydrogens is 359 g/mol. The van der Waals surface area contributed by atoms with Gasteiger partial charge < -0.3 is 15.5 Å². The zero-order valence-electron chi connectivity index (χ0n) is 13.5. The average Bonchev–Trinajstić information content (AvgIpc) is 2.51. The summed E-state index contributed by atoms with van der Waals surface area (Å²) in [5.41, 5.74) is 7.11.